The molecule has 1 unspecified atom stereocenters. The van der Waals surface area contributed by atoms with Gasteiger partial charge in [-0.15, -0.1) is 0 Å². The van der Waals surface area contributed by atoms with Crippen molar-refractivity contribution in [2.45, 2.75) is 19.9 Å². The minimum Gasteiger partial charge on any atom is -0.322 e. The molecule has 0 saturated carbocycles. The molecule has 1 atom stereocenters. The SMILES string of the molecule is CC(C)C1C(=O)NC(c2ccccc2)=CN1C(=O)c1ccccn1. The van der Waals surface area contributed by atoms with E-state index in [1.807, 2.05) is 44.2 Å². The molecule has 0 bridgehead atoms. The standard InChI is InChI=1S/C19H19N3O2/c1-13(2)17-18(23)21-16(14-8-4-3-5-9-14)12-22(17)19(24)15-10-6-7-11-20-15/h3-13,17H,1-2H3,(H,21,23). The van der Waals surface area contributed by atoms with Gasteiger partial charge in [0.05, 0.1) is 5.70 Å². The van der Waals surface area contributed by atoms with Gasteiger partial charge in [-0.25, -0.2) is 0 Å². The number of aromatic nitrogens is 1. The Hall–Kier alpha value is -2.95. The van der Waals surface area contributed by atoms with Gasteiger partial charge in [-0.1, -0.05) is 50.2 Å². The highest BCUT2D eigenvalue weighted by Gasteiger charge is 2.36. The molecule has 1 aromatic carbocycles. The first-order valence-corrected chi connectivity index (χ1v) is 7.89. The van der Waals surface area contributed by atoms with Gasteiger partial charge in [-0.3, -0.25) is 19.5 Å². The van der Waals surface area contributed by atoms with E-state index in [9.17, 15) is 9.59 Å². The summed E-state index contributed by atoms with van der Waals surface area (Å²) in [6, 6.07) is 14.1. The Balaban J connectivity index is 2.03. The quantitative estimate of drug-likeness (QED) is 0.945. The van der Waals surface area contributed by atoms with Gasteiger partial charge in [0, 0.05) is 12.4 Å². The van der Waals surface area contributed by atoms with E-state index >= 15 is 0 Å². The van der Waals surface area contributed by atoms with Crippen LogP contribution in [0.25, 0.3) is 5.70 Å². The lowest BCUT2D eigenvalue weighted by atomic mass is 9.98. The number of hydrogen-bond donors (Lipinski definition) is 1. The number of carbonyl (C=O) groups is 2. The maximum Gasteiger partial charge on any atom is 0.277 e. The monoisotopic (exact) mass is 321 g/mol. The fourth-order valence-electron chi connectivity index (χ4n) is 2.78. The third-order valence-corrected chi connectivity index (χ3v) is 3.93. The van der Waals surface area contributed by atoms with E-state index in [4.69, 9.17) is 0 Å². The van der Waals surface area contributed by atoms with Crippen LogP contribution in [0.4, 0.5) is 0 Å². The summed E-state index contributed by atoms with van der Waals surface area (Å²) in [7, 11) is 0. The van der Waals surface area contributed by atoms with Crippen LogP contribution >= 0.6 is 0 Å². The number of carbonyl (C=O) groups excluding carboxylic acids is 2. The zero-order chi connectivity index (χ0) is 17.1. The highest BCUT2D eigenvalue weighted by Crippen LogP contribution is 2.24. The van der Waals surface area contributed by atoms with Crippen LogP contribution in [-0.4, -0.2) is 27.7 Å². The molecule has 5 heteroatoms. The van der Waals surface area contributed by atoms with Crippen molar-refractivity contribution in [2.24, 2.45) is 5.92 Å². The zero-order valence-electron chi connectivity index (χ0n) is 13.6. The number of benzene rings is 1. The maximum absolute atomic E-state index is 12.9. The molecule has 0 radical (unpaired) electrons. The molecule has 122 valence electrons. The van der Waals surface area contributed by atoms with Crippen molar-refractivity contribution in [2.75, 3.05) is 0 Å². The minimum absolute atomic E-state index is 0.0220. The highest BCUT2D eigenvalue weighted by molar-refractivity contribution is 6.01. The van der Waals surface area contributed by atoms with Crippen LogP contribution < -0.4 is 5.32 Å². The lowest BCUT2D eigenvalue weighted by Gasteiger charge is -2.35. The van der Waals surface area contributed by atoms with Gasteiger partial charge in [0.25, 0.3) is 5.91 Å². The average molecular weight is 321 g/mol. The molecule has 2 aromatic rings. The second kappa shape index (κ2) is 6.66. The summed E-state index contributed by atoms with van der Waals surface area (Å²) in [6.07, 6.45) is 3.28. The van der Waals surface area contributed by atoms with Crippen LogP contribution in [0.3, 0.4) is 0 Å². The zero-order valence-corrected chi connectivity index (χ0v) is 13.6. The van der Waals surface area contributed by atoms with Crippen molar-refractivity contribution in [3.05, 3.63) is 72.2 Å². The smallest absolute Gasteiger partial charge is 0.277 e. The number of nitrogens with one attached hydrogen (secondary N) is 1. The first kappa shape index (κ1) is 15.9. The summed E-state index contributed by atoms with van der Waals surface area (Å²) in [5.74, 6) is -0.487. The van der Waals surface area contributed by atoms with Crippen molar-refractivity contribution in [1.29, 1.82) is 0 Å². The predicted molar refractivity (Wildman–Crippen MR) is 91.6 cm³/mol. The Morgan fingerprint density at radius 1 is 1.12 bits per heavy atom. The molecule has 3 rings (SSSR count). The van der Waals surface area contributed by atoms with Gasteiger partial charge < -0.3 is 5.32 Å². The van der Waals surface area contributed by atoms with Crippen LogP contribution in [0.2, 0.25) is 0 Å². The third-order valence-electron chi connectivity index (χ3n) is 3.93. The summed E-state index contributed by atoms with van der Waals surface area (Å²) in [6.45, 7) is 3.84. The highest BCUT2D eigenvalue weighted by atomic mass is 16.2. The molecule has 1 aliphatic heterocycles. The van der Waals surface area contributed by atoms with E-state index in [-0.39, 0.29) is 17.7 Å². The number of hydrogen-bond acceptors (Lipinski definition) is 3. The topological polar surface area (TPSA) is 62.3 Å². The Morgan fingerprint density at radius 3 is 2.46 bits per heavy atom. The normalized spacial score (nSPS) is 17.5. The Labute approximate surface area is 141 Å². The second-order valence-electron chi connectivity index (χ2n) is 6.01. The summed E-state index contributed by atoms with van der Waals surface area (Å²) in [5.41, 5.74) is 1.79. The van der Waals surface area contributed by atoms with Gasteiger partial charge in [-0.05, 0) is 23.6 Å². The van der Waals surface area contributed by atoms with E-state index in [1.54, 1.807) is 30.6 Å². The van der Waals surface area contributed by atoms with Crippen molar-refractivity contribution in [1.82, 2.24) is 15.2 Å². The molecule has 0 spiro atoms. The third kappa shape index (κ3) is 3.06. The molecule has 0 fully saturated rings. The molecule has 1 aliphatic rings. The van der Waals surface area contributed by atoms with Gasteiger partial charge in [0.2, 0.25) is 5.91 Å². The Morgan fingerprint density at radius 2 is 1.83 bits per heavy atom. The van der Waals surface area contributed by atoms with Crippen LogP contribution in [-0.2, 0) is 4.79 Å². The molecule has 2 heterocycles. The van der Waals surface area contributed by atoms with Crippen molar-refractivity contribution in [3.8, 4) is 0 Å². The van der Waals surface area contributed by atoms with E-state index in [0.717, 1.165) is 5.56 Å². The van der Waals surface area contributed by atoms with E-state index in [1.165, 1.54) is 4.90 Å². The minimum atomic E-state index is -0.563. The molecular weight excluding hydrogens is 302 g/mol. The molecular formula is C19H19N3O2. The molecule has 5 nitrogen and oxygen atoms in total. The van der Waals surface area contributed by atoms with Gasteiger partial charge in [0.1, 0.15) is 11.7 Å². The van der Waals surface area contributed by atoms with E-state index in [2.05, 4.69) is 10.3 Å². The fourth-order valence-corrected chi connectivity index (χ4v) is 2.78. The molecule has 0 saturated heterocycles. The molecule has 1 aromatic heterocycles. The van der Waals surface area contributed by atoms with Crippen molar-refractivity contribution in [3.63, 3.8) is 0 Å². The predicted octanol–water partition coefficient (Wildman–Crippen LogP) is 2.68. The van der Waals surface area contributed by atoms with Gasteiger partial charge >= 0.3 is 0 Å². The van der Waals surface area contributed by atoms with Crippen LogP contribution in [0.15, 0.2) is 60.9 Å². The summed E-state index contributed by atoms with van der Waals surface area (Å²) in [4.78, 5) is 31.1. The Kier molecular flexibility index (Phi) is 4.42. The molecule has 0 aliphatic carbocycles. The second-order valence-corrected chi connectivity index (χ2v) is 6.01. The number of pyridine rings is 1. The van der Waals surface area contributed by atoms with E-state index in [0.29, 0.717) is 11.4 Å². The molecule has 24 heavy (non-hydrogen) atoms. The van der Waals surface area contributed by atoms with Crippen LogP contribution in [0.5, 0.6) is 0 Å². The van der Waals surface area contributed by atoms with Crippen LogP contribution in [0, 0.1) is 5.92 Å². The number of rotatable bonds is 3. The first-order chi connectivity index (χ1) is 11.6. The van der Waals surface area contributed by atoms with Gasteiger partial charge in [-0.2, -0.15) is 0 Å². The first-order valence-electron chi connectivity index (χ1n) is 7.89. The van der Waals surface area contributed by atoms with Crippen molar-refractivity contribution < 1.29 is 9.59 Å². The maximum atomic E-state index is 12.9. The summed E-state index contributed by atoms with van der Waals surface area (Å²) >= 11 is 0. The van der Waals surface area contributed by atoms with Crippen LogP contribution in [0.1, 0.15) is 29.9 Å². The molecule has 2 amide bonds. The lowest BCUT2D eigenvalue weighted by Crippen LogP contribution is -2.53. The largest absolute Gasteiger partial charge is 0.322 e. The number of nitrogens with zero attached hydrogens (tertiary/aromatic N) is 2. The van der Waals surface area contributed by atoms with Crippen molar-refractivity contribution >= 4 is 17.5 Å². The average Bonchev–Trinajstić information content (AvgIpc) is 2.61. The summed E-state index contributed by atoms with van der Waals surface area (Å²) in [5, 5.41) is 2.91. The Bertz CT molecular complexity index is 770. The fraction of sp³-hybridized carbons (Fsp3) is 0.211. The lowest BCUT2D eigenvalue weighted by molar-refractivity contribution is -0.125. The summed E-state index contributed by atoms with van der Waals surface area (Å²) < 4.78 is 0. The molecule has 1 N–H and O–H groups in total. The van der Waals surface area contributed by atoms with E-state index < -0.39 is 6.04 Å². The van der Waals surface area contributed by atoms with Gasteiger partial charge in [0.15, 0.2) is 0 Å². The number of amides is 2.